The van der Waals surface area contributed by atoms with Crippen LogP contribution in [0.15, 0.2) is 0 Å². The number of likely N-dealkylation sites (tertiary alicyclic amines) is 1. The quantitative estimate of drug-likeness (QED) is 0.732. The van der Waals surface area contributed by atoms with Gasteiger partial charge in [-0.05, 0) is 32.7 Å². The molecular formula is C11H21N3O2S. The van der Waals surface area contributed by atoms with E-state index < -0.39 is 10.0 Å². The molecule has 2 bridgehead atoms. The van der Waals surface area contributed by atoms with E-state index in [4.69, 9.17) is 5.14 Å². The fraction of sp³-hybridized carbons (Fsp3) is 1.00. The third-order valence-corrected chi connectivity index (χ3v) is 5.99. The van der Waals surface area contributed by atoms with Gasteiger partial charge in [-0.25, -0.2) is 13.6 Å². The van der Waals surface area contributed by atoms with Crippen molar-refractivity contribution in [2.45, 2.75) is 49.1 Å². The number of primary sulfonamides is 1. The minimum absolute atomic E-state index is 0.297. The van der Waals surface area contributed by atoms with E-state index in [0.717, 1.165) is 38.8 Å². The van der Waals surface area contributed by atoms with Crippen LogP contribution in [0, 0.1) is 0 Å². The van der Waals surface area contributed by atoms with Crippen LogP contribution in [0.2, 0.25) is 0 Å². The number of nitrogens with zero attached hydrogens (tertiary/aromatic N) is 2. The molecule has 3 fully saturated rings. The Morgan fingerprint density at radius 3 is 2.00 bits per heavy atom. The molecule has 0 aromatic carbocycles. The number of likely N-dealkylation sites (N-methyl/N-ethyl adjacent to an activating group) is 1. The second kappa shape index (κ2) is 3.91. The van der Waals surface area contributed by atoms with Gasteiger partial charge in [-0.1, -0.05) is 0 Å². The summed E-state index contributed by atoms with van der Waals surface area (Å²) in [5, 5.41) is 5.00. The Morgan fingerprint density at radius 2 is 1.59 bits per heavy atom. The van der Waals surface area contributed by atoms with Crippen LogP contribution in [-0.4, -0.2) is 61.7 Å². The van der Waals surface area contributed by atoms with E-state index in [1.807, 2.05) is 0 Å². The van der Waals surface area contributed by atoms with Crippen molar-refractivity contribution >= 4 is 10.0 Å². The van der Waals surface area contributed by atoms with E-state index in [9.17, 15) is 8.42 Å². The molecule has 98 valence electrons. The Balaban J connectivity index is 1.72. The van der Waals surface area contributed by atoms with Gasteiger partial charge in [0.15, 0.2) is 0 Å². The van der Waals surface area contributed by atoms with Gasteiger partial charge in [-0.3, -0.25) is 4.90 Å². The topological polar surface area (TPSA) is 66.6 Å². The molecule has 2 N–H and O–H groups in total. The van der Waals surface area contributed by atoms with Crippen LogP contribution >= 0.6 is 0 Å². The van der Waals surface area contributed by atoms with Crippen molar-refractivity contribution in [3.63, 3.8) is 0 Å². The summed E-state index contributed by atoms with van der Waals surface area (Å²) in [6, 6.07) is 1.56. The number of rotatable bonds is 2. The maximum absolute atomic E-state index is 11.5. The lowest BCUT2D eigenvalue weighted by Gasteiger charge is -2.49. The predicted molar refractivity (Wildman–Crippen MR) is 66.1 cm³/mol. The monoisotopic (exact) mass is 259 g/mol. The molecule has 3 heterocycles. The molecule has 0 radical (unpaired) electrons. The van der Waals surface area contributed by atoms with Crippen molar-refractivity contribution in [2.75, 3.05) is 20.1 Å². The summed E-state index contributed by atoms with van der Waals surface area (Å²) < 4.78 is 22.9. The largest absolute Gasteiger partial charge is 0.303 e. The summed E-state index contributed by atoms with van der Waals surface area (Å²) in [5.74, 6) is 0. The first-order valence-electron chi connectivity index (χ1n) is 6.42. The number of hydrogen-bond acceptors (Lipinski definition) is 4. The smallest absolute Gasteiger partial charge is 0.212 e. The molecule has 2 unspecified atom stereocenters. The number of sulfonamides is 1. The zero-order valence-electron chi connectivity index (χ0n) is 10.2. The molecule has 17 heavy (non-hydrogen) atoms. The first-order chi connectivity index (χ1) is 7.95. The molecular weight excluding hydrogens is 238 g/mol. The molecule has 3 aliphatic rings. The Labute approximate surface area is 103 Å². The molecule has 3 atom stereocenters. The van der Waals surface area contributed by atoms with Crippen molar-refractivity contribution in [3.05, 3.63) is 0 Å². The van der Waals surface area contributed by atoms with Crippen molar-refractivity contribution in [2.24, 2.45) is 5.14 Å². The van der Waals surface area contributed by atoms with Crippen molar-refractivity contribution in [1.29, 1.82) is 0 Å². The van der Waals surface area contributed by atoms with Crippen molar-refractivity contribution in [1.82, 2.24) is 9.80 Å². The van der Waals surface area contributed by atoms with Gasteiger partial charge < -0.3 is 4.90 Å². The average molecular weight is 259 g/mol. The van der Waals surface area contributed by atoms with Gasteiger partial charge >= 0.3 is 0 Å². The molecule has 5 nitrogen and oxygen atoms in total. The zero-order chi connectivity index (χ0) is 12.2. The van der Waals surface area contributed by atoms with Crippen LogP contribution in [0.5, 0.6) is 0 Å². The molecule has 3 saturated heterocycles. The highest BCUT2D eigenvalue weighted by Gasteiger charge is 2.48. The van der Waals surface area contributed by atoms with E-state index >= 15 is 0 Å². The number of nitrogens with two attached hydrogens (primary N) is 1. The Morgan fingerprint density at radius 1 is 1.06 bits per heavy atom. The van der Waals surface area contributed by atoms with Crippen LogP contribution in [0.1, 0.15) is 25.7 Å². The van der Waals surface area contributed by atoms with Crippen LogP contribution in [-0.2, 0) is 10.0 Å². The van der Waals surface area contributed by atoms with Crippen molar-refractivity contribution < 1.29 is 8.42 Å². The van der Waals surface area contributed by atoms with Crippen LogP contribution in [0.3, 0.4) is 0 Å². The van der Waals surface area contributed by atoms with Gasteiger partial charge in [0.1, 0.15) is 0 Å². The van der Waals surface area contributed by atoms with E-state index in [-0.39, 0.29) is 5.25 Å². The van der Waals surface area contributed by atoms with Gasteiger partial charge in [0, 0.05) is 31.2 Å². The minimum Gasteiger partial charge on any atom is -0.303 e. The van der Waals surface area contributed by atoms with E-state index in [1.54, 1.807) is 0 Å². The van der Waals surface area contributed by atoms with Crippen molar-refractivity contribution in [3.8, 4) is 0 Å². The standard InChI is InChI=1S/C11H21N3O2S/c1-13-6-10(7-13)14-8-2-3-9(14)5-11(4-8)17(12,15)16/h8-11H,2-7H2,1H3,(H2,12,15,16)/t8-,9?,11?/m1/s1. The minimum atomic E-state index is -3.34. The molecule has 0 amide bonds. The first kappa shape index (κ1) is 11.9. The van der Waals surface area contributed by atoms with Crippen LogP contribution < -0.4 is 5.14 Å². The normalized spacial score (nSPS) is 40.5. The van der Waals surface area contributed by atoms with Gasteiger partial charge in [-0.2, -0.15) is 0 Å². The molecule has 0 spiro atoms. The first-order valence-corrected chi connectivity index (χ1v) is 8.03. The summed E-state index contributed by atoms with van der Waals surface area (Å²) >= 11 is 0. The Bertz CT molecular complexity index is 391. The molecule has 0 aromatic rings. The lowest BCUT2D eigenvalue weighted by molar-refractivity contribution is 0.000565. The summed E-state index contributed by atoms with van der Waals surface area (Å²) in [4.78, 5) is 4.90. The van der Waals surface area contributed by atoms with Crippen LogP contribution in [0.4, 0.5) is 0 Å². The van der Waals surface area contributed by atoms with E-state index in [0.29, 0.717) is 18.1 Å². The second-order valence-electron chi connectivity index (χ2n) is 5.89. The fourth-order valence-corrected chi connectivity index (χ4v) is 4.86. The molecule has 0 aliphatic carbocycles. The Hall–Kier alpha value is -0.170. The summed E-state index contributed by atoms with van der Waals surface area (Å²) in [6.07, 6.45) is 3.79. The van der Waals surface area contributed by atoms with Gasteiger partial charge in [-0.15, -0.1) is 0 Å². The van der Waals surface area contributed by atoms with Gasteiger partial charge in [0.2, 0.25) is 10.0 Å². The molecule has 0 aromatic heterocycles. The maximum atomic E-state index is 11.5. The zero-order valence-corrected chi connectivity index (χ0v) is 11.1. The second-order valence-corrected chi connectivity index (χ2v) is 7.73. The SMILES string of the molecule is CN1CC(N2C3CC[C@@H]2CC(S(N)(=O)=O)C3)C1. The van der Waals surface area contributed by atoms with Crippen LogP contribution in [0.25, 0.3) is 0 Å². The summed E-state index contributed by atoms with van der Waals surface area (Å²) in [7, 11) is -1.20. The number of fused-ring (bicyclic) bond motifs is 2. The highest BCUT2D eigenvalue weighted by atomic mass is 32.2. The maximum Gasteiger partial charge on any atom is 0.212 e. The Kier molecular flexibility index (Phi) is 2.74. The number of piperidine rings is 1. The summed E-state index contributed by atoms with van der Waals surface area (Å²) in [6.45, 7) is 2.26. The molecule has 0 saturated carbocycles. The van der Waals surface area contributed by atoms with Gasteiger partial charge in [0.25, 0.3) is 0 Å². The lowest BCUT2D eigenvalue weighted by Crippen LogP contribution is -2.63. The summed E-state index contributed by atoms with van der Waals surface area (Å²) in [5.41, 5.74) is 0. The highest BCUT2D eigenvalue weighted by molar-refractivity contribution is 7.89. The van der Waals surface area contributed by atoms with E-state index in [1.165, 1.54) is 0 Å². The molecule has 3 aliphatic heterocycles. The fourth-order valence-electron chi connectivity index (χ4n) is 3.88. The molecule has 3 rings (SSSR count). The predicted octanol–water partition coefficient (Wildman–Crippen LogP) is -0.416. The average Bonchev–Trinajstić information content (AvgIpc) is 2.44. The third kappa shape index (κ3) is 2.01. The third-order valence-electron chi connectivity index (χ3n) is 4.68. The lowest BCUT2D eigenvalue weighted by atomic mass is 9.97. The van der Waals surface area contributed by atoms with E-state index in [2.05, 4.69) is 16.8 Å². The number of hydrogen-bond donors (Lipinski definition) is 1. The highest BCUT2D eigenvalue weighted by Crippen LogP contribution is 2.40. The molecule has 6 heteroatoms. The van der Waals surface area contributed by atoms with Gasteiger partial charge in [0.05, 0.1) is 5.25 Å².